The highest BCUT2D eigenvalue weighted by Gasteiger charge is 2.02. The van der Waals surface area contributed by atoms with Crippen LogP contribution in [0.1, 0.15) is 12.5 Å². The van der Waals surface area contributed by atoms with Gasteiger partial charge < -0.3 is 15.2 Å². The number of pyridine rings is 1. The maximum absolute atomic E-state index is 4.71. The summed E-state index contributed by atoms with van der Waals surface area (Å²) in [5, 5.41) is 7.83. The summed E-state index contributed by atoms with van der Waals surface area (Å²) in [6, 6.07) is 14.3. The van der Waals surface area contributed by atoms with E-state index in [4.69, 9.17) is 4.99 Å². The van der Waals surface area contributed by atoms with E-state index in [2.05, 4.69) is 45.6 Å². The van der Waals surface area contributed by atoms with E-state index in [0.29, 0.717) is 6.54 Å². The van der Waals surface area contributed by atoms with Crippen LogP contribution in [-0.4, -0.2) is 28.6 Å². The fourth-order valence-electron chi connectivity index (χ4n) is 2.62. The number of fused-ring (bicyclic) bond motifs is 1. The van der Waals surface area contributed by atoms with Gasteiger partial charge in [-0.15, -0.1) is 0 Å². The van der Waals surface area contributed by atoms with Crippen LogP contribution in [0.15, 0.2) is 66.0 Å². The first kappa shape index (κ1) is 16.1. The van der Waals surface area contributed by atoms with Gasteiger partial charge in [0.1, 0.15) is 0 Å². The Kier molecular flexibility index (Phi) is 5.45. The number of rotatable bonds is 6. The minimum Gasteiger partial charge on any atom is -0.357 e. The van der Waals surface area contributed by atoms with Gasteiger partial charge in [0, 0.05) is 43.6 Å². The van der Waals surface area contributed by atoms with Crippen LogP contribution in [0, 0.1) is 0 Å². The van der Waals surface area contributed by atoms with Gasteiger partial charge in [-0.05, 0) is 36.8 Å². The smallest absolute Gasteiger partial charge is 0.191 e. The number of aromatic nitrogens is 2. The minimum absolute atomic E-state index is 0.627. The molecule has 0 fully saturated rings. The van der Waals surface area contributed by atoms with Crippen molar-refractivity contribution < 1.29 is 0 Å². The van der Waals surface area contributed by atoms with Crippen LogP contribution in [-0.2, 0) is 13.1 Å². The fourth-order valence-corrected chi connectivity index (χ4v) is 2.62. The lowest BCUT2D eigenvalue weighted by atomic mass is 10.1. The molecule has 0 saturated carbocycles. The molecule has 3 rings (SSSR count). The van der Waals surface area contributed by atoms with Crippen molar-refractivity contribution in [2.75, 3.05) is 13.1 Å². The Labute approximate surface area is 142 Å². The molecular formula is C19H23N5. The number of nitrogens with zero attached hydrogens (tertiary/aromatic N) is 3. The van der Waals surface area contributed by atoms with Crippen molar-refractivity contribution in [1.29, 1.82) is 0 Å². The van der Waals surface area contributed by atoms with Gasteiger partial charge in [-0.3, -0.25) is 4.98 Å². The Bertz CT molecular complexity index is 787. The van der Waals surface area contributed by atoms with Crippen molar-refractivity contribution in [2.24, 2.45) is 4.99 Å². The lowest BCUT2D eigenvalue weighted by Crippen LogP contribution is -2.38. The Morgan fingerprint density at radius 3 is 2.75 bits per heavy atom. The van der Waals surface area contributed by atoms with Crippen LogP contribution in [0.5, 0.6) is 0 Å². The van der Waals surface area contributed by atoms with E-state index >= 15 is 0 Å². The molecule has 1 aromatic carbocycles. The zero-order valence-corrected chi connectivity index (χ0v) is 13.9. The third kappa shape index (κ3) is 4.13. The van der Waals surface area contributed by atoms with Crippen LogP contribution < -0.4 is 10.6 Å². The summed E-state index contributed by atoms with van der Waals surface area (Å²) in [4.78, 5) is 9.11. The summed E-state index contributed by atoms with van der Waals surface area (Å²) in [5.74, 6) is 0.838. The second-order valence-corrected chi connectivity index (χ2v) is 5.53. The van der Waals surface area contributed by atoms with E-state index in [0.717, 1.165) is 36.5 Å². The quantitative estimate of drug-likeness (QED) is 0.542. The molecular weight excluding hydrogens is 298 g/mol. The largest absolute Gasteiger partial charge is 0.357 e. The summed E-state index contributed by atoms with van der Waals surface area (Å²) in [6.45, 7) is 5.28. The molecule has 5 nitrogen and oxygen atoms in total. The Hall–Kier alpha value is -2.82. The topological polar surface area (TPSA) is 54.2 Å². The second-order valence-electron chi connectivity index (χ2n) is 5.53. The number of hydrogen-bond acceptors (Lipinski definition) is 2. The predicted molar refractivity (Wildman–Crippen MR) is 99.0 cm³/mol. The molecule has 2 aromatic heterocycles. The maximum Gasteiger partial charge on any atom is 0.191 e. The van der Waals surface area contributed by atoms with Gasteiger partial charge in [-0.1, -0.05) is 18.2 Å². The summed E-state index contributed by atoms with van der Waals surface area (Å²) in [5.41, 5.74) is 2.19. The number of para-hydroxylation sites is 1. The van der Waals surface area contributed by atoms with Crippen molar-refractivity contribution in [3.63, 3.8) is 0 Å². The molecule has 0 bridgehead atoms. The van der Waals surface area contributed by atoms with Crippen LogP contribution in [0.2, 0.25) is 0 Å². The summed E-state index contributed by atoms with van der Waals surface area (Å²) in [6.07, 6.45) is 5.98. The van der Waals surface area contributed by atoms with Crippen molar-refractivity contribution in [1.82, 2.24) is 20.2 Å². The number of aliphatic imine (C=N–C) groups is 1. The van der Waals surface area contributed by atoms with Crippen LogP contribution in [0.25, 0.3) is 10.9 Å². The number of guanidine groups is 1. The minimum atomic E-state index is 0.627. The van der Waals surface area contributed by atoms with Gasteiger partial charge in [0.05, 0.1) is 12.1 Å². The average Bonchev–Trinajstić information content (AvgIpc) is 3.13. The fraction of sp³-hybridized carbons (Fsp3) is 0.263. The van der Waals surface area contributed by atoms with Gasteiger partial charge in [0.25, 0.3) is 0 Å². The van der Waals surface area contributed by atoms with E-state index in [1.807, 2.05) is 42.6 Å². The SMILES string of the molecule is CCNC(=NCc1ccnc2ccccc12)NCCn1cccc1. The summed E-state index contributed by atoms with van der Waals surface area (Å²) < 4.78 is 2.15. The molecule has 0 unspecified atom stereocenters. The molecule has 0 spiro atoms. The van der Waals surface area contributed by atoms with Crippen LogP contribution >= 0.6 is 0 Å². The van der Waals surface area contributed by atoms with Crippen molar-refractivity contribution in [2.45, 2.75) is 20.0 Å². The molecule has 0 saturated heterocycles. The van der Waals surface area contributed by atoms with Crippen molar-refractivity contribution in [3.8, 4) is 0 Å². The molecule has 0 radical (unpaired) electrons. The standard InChI is InChI=1S/C19H23N5/c1-2-20-19(22-11-14-24-12-5-6-13-24)23-15-16-9-10-21-18-8-4-3-7-17(16)18/h3-10,12-13H,2,11,14-15H2,1H3,(H2,20,22,23). The van der Waals surface area contributed by atoms with E-state index in [-0.39, 0.29) is 0 Å². The number of benzene rings is 1. The Morgan fingerprint density at radius 1 is 1.08 bits per heavy atom. The molecule has 2 heterocycles. The number of nitrogens with one attached hydrogen (secondary N) is 2. The Morgan fingerprint density at radius 2 is 1.92 bits per heavy atom. The predicted octanol–water partition coefficient (Wildman–Crippen LogP) is 2.79. The third-order valence-corrected chi connectivity index (χ3v) is 3.82. The zero-order chi connectivity index (χ0) is 16.6. The van der Waals surface area contributed by atoms with Crippen molar-refractivity contribution >= 4 is 16.9 Å². The molecule has 0 atom stereocenters. The maximum atomic E-state index is 4.71. The van der Waals surface area contributed by atoms with Gasteiger partial charge in [-0.2, -0.15) is 0 Å². The molecule has 2 N–H and O–H groups in total. The first-order valence-corrected chi connectivity index (χ1v) is 8.32. The van der Waals surface area contributed by atoms with Crippen LogP contribution in [0.3, 0.4) is 0 Å². The van der Waals surface area contributed by atoms with Gasteiger partial charge in [0.2, 0.25) is 0 Å². The Balaban J connectivity index is 1.66. The molecule has 0 aliphatic rings. The molecule has 24 heavy (non-hydrogen) atoms. The van der Waals surface area contributed by atoms with E-state index in [1.165, 1.54) is 5.56 Å². The molecule has 0 aliphatic carbocycles. The van der Waals surface area contributed by atoms with E-state index < -0.39 is 0 Å². The van der Waals surface area contributed by atoms with Gasteiger partial charge in [-0.25, -0.2) is 4.99 Å². The lowest BCUT2D eigenvalue weighted by molar-refractivity contribution is 0.666. The molecule has 5 heteroatoms. The molecule has 3 aromatic rings. The second kappa shape index (κ2) is 8.15. The van der Waals surface area contributed by atoms with Crippen molar-refractivity contribution in [3.05, 3.63) is 66.6 Å². The lowest BCUT2D eigenvalue weighted by Gasteiger charge is -2.12. The van der Waals surface area contributed by atoms with Crippen LogP contribution in [0.4, 0.5) is 0 Å². The van der Waals surface area contributed by atoms with E-state index in [1.54, 1.807) is 0 Å². The highest BCUT2D eigenvalue weighted by Crippen LogP contribution is 2.16. The van der Waals surface area contributed by atoms with E-state index in [9.17, 15) is 0 Å². The average molecular weight is 321 g/mol. The highest BCUT2D eigenvalue weighted by molar-refractivity contribution is 5.83. The zero-order valence-electron chi connectivity index (χ0n) is 13.9. The molecule has 0 aliphatic heterocycles. The normalized spacial score (nSPS) is 11.6. The molecule has 124 valence electrons. The third-order valence-electron chi connectivity index (χ3n) is 3.82. The van der Waals surface area contributed by atoms with Gasteiger partial charge >= 0.3 is 0 Å². The summed E-state index contributed by atoms with van der Waals surface area (Å²) in [7, 11) is 0. The van der Waals surface area contributed by atoms with Gasteiger partial charge in [0.15, 0.2) is 5.96 Å². The molecule has 0 amide bonds. The summed E-state index contributed by atoms with van der Waals surface area (Å²) >= 11 is 0. The first-order chi connectivity index (χ1) is 11.9. The number of hydrogen-bond donors (Lipinski definition) is 2. The first-order valence-electron chi connectivity index (χ1n) is 8.32. The highest BCUT2D eigenvalue weighted by atomic mass is 15.2. The monoisotopic (exact) mass is 321 g/mol.